The third-order valence-electron chi connectivity index (χ3n) is 5.13. The molecule has 2 aliphatic rings. The summed E-state index contributed by atoms with van der Waals surface area (Å²) < 4.78 is 0. The Morgan fingerprint density at radius 1 is 1.26 bits per heavy atom. The largest absolute Gasteiger partial charge is 0.271 e. The first kappa shape index (κ1) is 13.4. The van der Waals surface area contributed by atoms with E-state index < -0.39 is 0 Å². The molecule has 104 valence electrons. The van der Waals surface area contributed by atoms with E-state index in [1.165, 1.54) is 37.7 Å². The van der Waals surface area contributed by atoms with E-state index in [1.807, 2.05) is 18.2 Å². The summed E-state index contributed by atoms with van der Waals surface area (Å²) >= 11 is 6.24. The second-order valence-electron chi connectivity index (χ2n) is 6.33. The molecule has 3 heteroatoms. The normalized spacial score (nSPS) is 30.7. The summed E-state index contributed by atoms with van der Waals surface area (Å²) in [6.07, 6.45) is 7.93. The Morgan fingerprint density at radius 2 is 2.11 bits per heavy atom. The van der Waals surface area contributed by atoms with E-state index in [1.54, 1.807) is 0 Å². The highest BCUT2D eigenvalue weighted by Crippen LogP contribution is 2.49. The first-order valence-corrected chi connectivity index (χ1v) is 7.83. The lowest BCUT2D eigenvalue weighted by Crippen LogP contribution is -2.39. The van der Waals surface area contributed by atoms with Crippen LogP contribution in [0, 0.1) is 17.8 Å². The van der Waals surface area contributed by atoms with Gasteiger partial charge in [0.2, 0.25) is 0 Å². The van der Waals surface area contributed by atoms with Gasteiger partial charge in [0.05, 0.1) is 0 Å². The van der Waals surface area contributed by atoms with Crippen LogP contribution in [0.2, 0.25) is 5.02 Å². The van der Waals surface area contributed by atoms with Crippen molar-refractivity contribution in [3.8, 4) is 0 Å². The van der Waals surface area contributed by atoms with E-state index in [9.17, 15) is 0 Å². The van der Waals surface area contributed by atoms with Crippen molar-refractivity contribution in [1.29, 1.82) is 0 Å². The quantitative estimate of drug-likeness (QED) is 0.639. The van der Waals surface area contributed by atoms with Crippen molar-refractivity contribution in [3.05, 3.63) is 34.9 Å². The van der Waals surface area contributed by atoms with Crippen molar-refractivity contribution in [2.75, 3.05) is 0 Å². The van der Waals surface area contributed by atoms with E-state index in [2.05, 4.69) is 11.5 Å². The molecule has 0 saturated heterocycles. The molecule has 2 bridgehead atoms. The van der Waals surface area contributed by atoms with Crippen LogP contribution in [-0.2, 0) is 6.42 Å². The average molecular weight is 279 g/mol. The minimum absolute atomic E-state index is 0.351. The summed E-state index contributed by atoms with van der Waals surface area (Å²) in [5, 5.41) is 0.857. The molecule has 19 heavy (non-hydrogen) atoms. The summed E-state index contributed by atoms with van der Waals surface area (Å²) in [6, 6.07) is 8.44. The van der Waals surface area contributed by atoms with Gasteiger partial charge in [-0.15, -0.1) is 0 Å². The van der Waals surface area contributed by atoms with E-state index in [0.29, 0.717) is 6.04 Å². The predicted octanol–water partition coefficient (Wildman–Crippen LogP) is 3.54. The zero-order valence-electron chi connectivity index (χ0n) is 11.3. The highest BCUT2D eigenvalue weighted by atomic mass is 35.5. The summed E-state index contributed by atoms with van der Waals surface area (Å²) in [7, 11) is 0. The van der Waals surface area contributed by atoms with Gasteiger partial charge < -0.3 is 0 Å². The third kappa shape index (κ3) is 2.96. The molecule has 3 N–H and O–H groups in total. The Kier molecular flexibility index (Phi) is 4.11. The fraction of sp³-hybridized carbons (Fsp3) is 0.625. The highest BCUT2D eigenvalue weighted by molar-refractivity contribution is 6.31. The summed E-state index contributed by atoms with van der Waals surface area (Å²) in [6.45, 7) is 0. The lowest BCUT2D eigenvalue weighted by Gasteiger charge is -2.26. The molecule has 3 rings (SSSR count). The number of fused-ring (bicyclic) bond motifs is 2. The van der Waals surface area contributed by atoms with Crippen LogP contribution in [0.3, 0.4) is 0 Å². The number of hydrazine groups is 1. The van der Waals surface area contributed by atoms with Crippen LogP contribution in [0.15, 0.2) is 24.3 Å². The van der Waals surface area contributed by atoms with Gasteiger partial charge >= 0.3 is 0 Å². The molecule has 1 aromatic rings. The Balaban J connectivity index is 1.60. The first-order chi connectivity index (χ1) is 9.26. The smallest absolute Gasteiger partial charge is 0.0438 e. The second kappa shape index (κ2) is 5.82. The molecule has 0 aromatic heterocycles. The van der Waals surface area contributed by atoms with Crippen LogP contribution in [0.4, 0.5) is 0 Å². The van der Waals surface area contributed by atoms with Gasteiger partial charge in [-0.1, -0.05) is 36.2 Å². The molecule has 4 unspecified atom stereocenters. The van der Waals surface area contributed by atoms with E-state index in [0.717, 1.165) is 29.2 Å². The van der Waals surface area contributed by atoms with Crippen LogP contribution in [0.1, 0.15) is 37.7 Å². The minimum atomic E-state index is 0.351. The van der Waals surface area contributed by atoms with Gasteiger partial charge in [-0.2, -0.15) is 0 Å². The molecule has 2 saturated carbocycles. The van der Waals surface area contributed by atoms with E-state index in [-0.39, 0.29) is 0 Å². The summed E-state index contributed by atoms with van der Waals surface area (Å²) in [5.41, 5.74) is 4.21. The number of rotatable bonds is 5. The van der Waals surface area contributed by atoms with Crippen molar-refractivity contribution in [3.63, 3.8) is 0 Å². The molecule has 2 aliphatic carbocycles. The van der Waals surface area contributed by atoms with Gasteiger partial charge in [0.1, 0.15) is 0 Å². The lowest BCUT2D eigenvalue weighted by atomic mass is 9.83. The van der Waals surface area contributed by atoms with Crippen LogP contribution in [0.25, 0.3) is 0 Å². The molecule has 2 fully saturated rings. The van der Waals surface area contributed by atoms with Gasteiger partial charge in [0.25, 0.3) is 0 Å². The molecule has 0 spiro atoms. The molecule has 0 amide bonds. The molecule has 1 aromatic carbocycles. The number of hydrogen-bond acceptors (Lipinski definition) is 2. The van der Waals surface area contributed by atoms with Crippen molar-refractivity contribution in [2.45, 2.75) is 44.6 Å². The van der Waals surface area contributed by atoms with Crippen molar-refractivity contribution in [2.24, 2.45) is 23.6 Å². The van der Waals surface area contributed by atoms with Crippen LogP contribution < -0.4 is 11.3 Å². The SMILES string of the molecule is NNC(Cc1ccccc1Cl)CC1CC2CCC1C2. The molecular formula is C16H23ClN2. The van der Waals surface area contributed by atoms with E-state index >= 15 is 0 Å². The summed E-state index contributed by atoms with van der Waals surface area (Å²) in [4.78, 5) is 0. The Bertz CT molecular complexity index is 435. The minimum Gasteiger partial charge on any atom is -0.271 e. The Labute approximate surface area is 120 Å². The van der Waals surface area contributed by atoms with E-state index in [4.69, 9.17) is 17.4 Å². The number of nitrogens with two attached hydrogens (primary N) is 1. The standard InChI is InChI=1S/C16H23ClN2/c17-16-4-2-1-3-13(16)9-15(19-18)10-14-8-11-5-6-12(14)7-11/h1-4,11-12,14-15,19H,5-10,18H2. The van der Waals surface area contributed by atoms with Gasteiger partial charge in [-0.25, -0.2) is 0 Å². The predicted molar refractivity (Wildman–Crippen MR) is 79.8 cm³/mol. The van der Waals surface area contributed by atoms with Crippen LogP contribution in [0.5, 0.6) is 0 Å². The van der Waals surface area contributed by atoms with Crippen molar-refractivity contribution in [1.82, 2.24) is 5.43 Å². The number of halogens is 1. The Morgan fingerprint density at radius 3 is 2.74 bits per heavy atom. The number of nitrogens with one attached hydrogen (secondary N) is 1. The lowest BCUT2D eigenvalue weighted by molar-refractivity contribution is 0.277. The van der Waals surface area contributed by atoms with Gasteiger partial charge in [-0.3, -0.25) is 11.3 Å². The van der Waals surface area contributed by atoms with Gasteiger partial charge in [0.15, 0.2) is 0 Å². The van der Waals surface area contributed by atoms with Crippen LogP contribution >= 0.6 is 11.6 Å². The molecule has 4 atom stereocenters. The maximum Gasteiger partial charge on any atom is 0.0438 e. The van der Waals surface area contributed by atoms with Crippen LogP contribution in [-0.4, -0.2) is 6.04 Å². The Hall–Kier alpha value is -0.570. The topological polar surface area (TPSA) is 38.0 Å². The fourth-order valence-electron chi connectivity index (χ4n) is 4.17. The molecule has 0 aliphatic heterocycles. The monoisotopic (exact) mass is 278 g/mol. The highest BCUT2D eigenvalue weighted by Gasteiger charge is 2.39. The first-order valence-electron chi connectivity index (χ1n) is 7.45. The fourth-order valence-corrected chi connectivity index (χ4v) is 4.38. The number of benzene rings is 1. The van der Waals surface area contributed by atoms with Crippen molar-refractivity contribution < 1.29 is 0 Å². The molecule has 0 heterocycles. The third-order valence-corrected chi connectivity index (χ3v) is 5.50. The maximum absolute atomic E-state index is 6.24. The second-order valence-corrected chi connectivity index (χ2v) is 6.74. The molecular weight excluding hydrogens is 256 g/mol. The summed E-state index contributed by atoms with van der Waals surface area (Å²) in [5.74, 6) is 8.60. The van der Waals surface area contributed by atoms with Gasteiger partial charge in [0, 0.05) is 11.1 Å². The zero-order valence-corrected chi connectivity index (χ0v) is 12.1. The zero-order chi connectivity index (χ0) is 13.2. The number of hydrogen-bond donors (Lipinski definition) is 2. The maximum atomic E-state index is 6.24. The molecule has 2 nitrogen and oxygen atoms in total. The van der Waals surface area contributed by atoms with Crippen molar-refractivity contribution >= 4 is 11.6 Å². The van der Waals surface area contributed by atoms with Gasteiger partial charge in [-0.05, 0) is 61.5 Å². The average Bonchev–Trinajstić information content (AvgIpc) is 3.02. The molecule has 0 radical (unpaired) electrons.